The fraction of sp³-hybridized carbons (Fsp3) is 0.800. The summed E-state index contributed by atoms with van der Waals surface area (Å²) < 4.78 is 77.2. The maximum absolute atomic E-state index is 12.2. The van der Waals surface area contributed by atoms with E-state index in [2.05, 4.69) is 4.74 Å². The third kappa shape index (κ3) is 4.48. The van der Waals surface area contributed by atoms with Gasteiger partial charge in [0.05, 0.1) is 0 Å². The molecule has 1 aliphatic rings. The molecule has 1 N–H and O–H groups in total. The van der Waals surface area contributed by atoms with E-state index >= 15 is 0 Å². The van der Waals surface area contributed by atoms with E-state index < -0.39 is 62.4 Å². The number of amides is 1. The molecule has 122 valence electrons. The van der Waals surface area contributed by atoms with E-state index in [-0.39, 0.29) is 0 Å². The van der Waals surface area contributed by atoms with Crippen LogP contribution in [0, 0.1) is 0 Å². The van der Waals surface area contributed by atoms with Gasteiger partial charge >= 0.3 is 24.2 Å². The summed E-state index contributed by atoms with van der Waals surface area (Å²) in [5.74, 6) is -3.86. The zero-order chi connectivity index (χ0) is 16.5. The average molecular weight is 323 g/mol. The van der Waals surface area contributed by atoms with Crippen molar-refractivity contribution in [1.29, 1.82) is 0 Å². The van der Waals surface area contributed by atoms with Gasteiger partial charge in [0.1, 0.15) is 6.61 Å². The molecule has 0 spiro atoms. The highest BCUT2D eigenvalue weighted by Crippen LogP contribution is 2.31. The van der Waals surface area contributed by atoms with Gasteiger partial charge in [0.25, 0.3) is 0 Å². The summed E-state index contributed by atoms with van der Waals surface area (Å²) in [5.41, 5.74) is -2.24. The number of alkyl halides is 6. The second-order valence-electron chi connectivity index (χ2n) is 4.49. The number of piperidine rings is 1. The Morgan fingerprint density at radius 3 is 1.90 bits per heavy atom. The van der Waals surface area contributed by atoms with Gasteiger partial charge in [0, 0.05) is 25.9 Å². The Kier molecular flexibility index (Phi) is 4.76. The number of carbonyl (C=O) groups is 2. The van der Waals surface area contributed by atoms with Crippen molar-refractivity contribution in [1.82, 2.24) is 4.90 Å². The Bertz CT molecular complexity index is 411. The lowest BCUT2D eigenvalue weighted by Gasteiger charge is -2.38. The lowest BCUT2D eigenvalue weighted by molar-refractivity contribution is -0.222. The number of halogens is 6. The minimum atomic E-state index is -5.12. The number of ether oxygens (including phenoxy) is 1. The van der Waals surface area contributed by atoms with E-state index in [0.29, 0.717) is 4.90 Å². The first kappa shape index (κ1) is 17.5. The van der Waals surface area contributed by atoms with Crippen molar-refractivity contribution in [2.75, 3.05) is 19.7 Å². The third-order valence-corrected chi connectivity index (χ3v) is 3.00. The van der Waals surface area contributed by atoms with E-state index in [9.17, 15) is 35.9 Å². The predicted molar refractivity (Wildman–Crippen MR) is 54.2 cm³/mol. The lowest BCUT2D eigenvalue weighted by atomic mass is 9.91. The van der Waals surface area contributed by atoms with Crippen LogP contribution >= 0.6 is 0 Å². The molecular weight excluding hydrogens is 312 g/mol. The normalized spacial score (nSPS) is 19.4. The van der Waals surface area contributed by atoms with Crippen LogP contribution < -0.4 is 0 Å². The quantitative estimate of drug-likeness (QED) is 0.801. The van der Waals surface area contributed by atoms with Crippen LogP contribution in [0.3, 0.4) is 0 Å². The van der Waals surface area contributed by atoms with Gasteiger partial charge in [0.15, 0.2) is 5.60 Å². The minimum Gasteiger partial charge on any atom is -0.479 e. The van der Waals surface area contributed by atoms with Gasteiger partial charge < -0.3 is 14.7 Å². The summed E-state index contributed by atoms with van der Waals surface area (Å²) in [7, 11) is 0. The van der Waals surface area contributed by atoms with Crippen molar-refractivity contribution in [3.63, 3.8) is 0 Å². The summed E-state index contributed by atoms with van der Waals surface area (Å²) >= 11 is 0. The zero-order valence-corrected chi connectivity index (χ0v) is 10.4. The molecule has 1 aliphatic heterocycles. The molecule has 0 aliphatic carbocycles. The zero-order valence-electron chi connectivity index (χ0n) is 10.4. The Morgan fingerprint density at radius 2 is 1.57 bits per heavy atom. The number of carboxylic acid groups (broad SMARTS) is 1. The molecule has 0 unspecified atom stereocenters. The van der Waals surface area contributed by atoms with E-state index in [4.69, 9.17) is 5.11 Å². The molecule has 0 atom stereocenters. The van der Waals surface area contributed by atoms with Gasteiger partial charge in [-0.15, -0.1) is 0 Å². The summed E-state index contributed by atoms with van der Waals surface area (Å²) in [6, 6.07) is 0. The van der Waals surface area contributed by atoms with E-state index in [1.165, 1.54) is 0 Å². The number of aliphatic carboxylic acids is 1. The molecule has 0 bridgehead atoms. The molecule has 11 heteroatoms. The van der Waals surface area contributed by atoms with Crippen molar-refractivity contribution < 1.29 is 45.8 Å². The van der Waals surface area contributed by atoms with Crippen molar-refractivity contribution >= 4 is 11.9 Å². The third-order valence-electron chi connectivity index (χ3n) is 3.00. The number of carboxylic acids is 1. The first-order valence-electron chi connectivity index (χ1n) is 5.68. The van der Waals surface area contributed by atoms with Crippen LogP contribution in [0.4, 0.5) is 26.3 Å². The Balaban J connectivity index is 2.73. The number of likely N-dealkylation sites (tertiary alicyclic amines) is 1. The highest BCUT2D eigenvalue weighted by Gasteiger charge is 2.49. The Labute approximate surface area is 114 Å². The smallest absolute Gasteiger partial charge is 0.471 e. The SMILES string of the molecule is O=C(N1CCC(OCC(F)(F)F)(C(=O)O)CC1)C(F)(F)F. The molecule has 5 nitrogen and oxygen atoms in total. The molecule has 0 aromatic heterocycles. The van der Waals surface area contributed by atoms with E-state index in [1.54, 1.807) is 0 Å². The van der Waals surface area contributed by atoms with Crippen molar-refractivity contribution in [2.24, 2.45) is 0 Å². The van der Waals surface area contributed by atoms with Crippen LogP contribution in [0.25, 0.3) is 0 Å². The summed E-state index contributed by atoms with van der Waals surface area (Å²) in [6.45, 7) is -3.13. The maximum atomic E-state index is 12.2. The van der Waals surface area contributed by atoms with E-state index in [0.717, 1.165) is 0 Å². The Hall–Kier alpha value is -1.52. The van der Waals surface area contributed by atoms with Gasteiger partial charge in [-0.1, -0.05) is 0 Å². The molecule has 0 aromatic rings. The first-order valence-corrected chi connectivity index (χ1v) is 5.68. The van der Waals surface area contributed by atoms with Crippen LogP contribution in [0.2, 0.25) is 0 Å². The van der Waals surface area contributed by atoms with Gasteiger partial charge in [-0.25, -0.2) is 4.79 Å². The summed E-state index contributed by atoms with van der Waals surface area (Å²) in [4.78, 5) is 22.3. The monoisotopic (exact) mass is 323 g/mol. The van der Waals surface area contributed by atoms with Crippen LogP contribution in [0.1, 0.15) is 12.8 Å². The number of carbonyl (C=O) groups excluding carboxylic acids is 1. The average Bonchev–Trinajstić information content (AvgIpc) is 2.34. The molecule has 1 rings (SSSR count). The highest BCUT2D eigenvalue weighted by atomic mass is 19.4. The van der Waals surface area contributed by atoms with Gasteiger partial charge in [-0.3, -0.25) is 4.79 Å². The van der Waals surface area contributed by atoms with Crippen LogP contribution in [0.5, 0.6) is 0 Å². The number of nitrogens with zero attached hydrogens (tertiary/aromatic N) is 1. The molecule has 1 heterocycles. The number of hydrogen-bond acceptors (Lipinski definition) is 3. The second-order valence-corrected chi connectivity index (χ2v) is 4.49. The molecule has 0 radical (unpaired) electrons. The van der Waals surface area contributed by atoms with Crippen LogP contribution in [0.15, 0.2) is 0 Å². The largest absolute Gasteiger partial charge is 0.479 e. The predicted octanol–water partition coefficient (Wildman–Crippen LogP) is 1.57. The molecule has 0 saturated carbocycles. The number of hydrogen-bond donors (Lipinski definition) is 1. The fourth-order valence-corrected chi connectivity index (χ4v) is 1.89. The van der Waals surface area contributed by atoms with Crippen molar-refractivity contribution in [3.05, 3.63) is 0 Å². The highest BCUT2D eigenvalue weighted by molar-refractivity contribution is 5.83. The second kappa shape index (κ2) is 5.70. The van der Waals surface area contributed by atoms with Crippen LogP contribution in [-0.2, 0) is 14.3 Å². The standard InChI is InChI=1S/C10H11F6NO4/c11-9(12,13)5-21-8(7(19)20)1-3-17(4-2-8)6(18)10(14,15)16/h1-5H2,(H,19,20). The van der Waals surface area contributed by atoms with Gasteiger partial charge in [0.2, 0.25) is 0 Å². The molecule has 1 saturated heterocycles. The summed E-state index contributed by atoms with van der Waals surface area (Å²) in [6.07, 6.45) is -11.2. The lowest BCUT2D eigenvalue weighted by Crippen LogP contribution is -2.55. The first-order chi connectivity index (χ1) is 9.37. The summed E-state index contributed by atoms with van der Waals surface area (Å²) in [5, 5.41) is 8.95. The van der Waals surface area contributed by atoms with Gasteiger partial charge in [-0.2, -0.15) is 26.3 Å². The minimum absolute atomic E-state index is 0.345. The molecule has 21 heavy (non-hydrogen) atoms. The van der Waals surface area contributed by atoms with Crippen LogP contribution in [-0.4, -0.2) is 59.5 Å². The molecular formula is C10H11F6NO4. The molecule has 1 amide bonds. The molecule has 0 aromatic carbocycles. The van der Waals surface area contributed by atoms with Crippen molar-refractivity contribution in [2.45, 2.75) is 30.8 Å². The van der Waals surface area contributed by atoms with E-state index in [1.807, 2.05) is 0 Å². The number of rotatable bonds is 3. The topological polar surface area (TPSA) is 66.8 Å². The van der Waals surface area contributed by atoms with Crippen molar-refractivity contribution in [3.8, 4) is 0 Å². The molecule has 1 fully saturated rings. The maximum Gasteiger partial charge on any atom is 0.471 e. The van der Waals surface area contributed by atoms with Gasteiger partial charge in [-0.05, 0) is 0 Å². The Morgan fingerprint density at radius 1 is 1.10 bits per heavy atom. The fourth-order valence-electron chi connectivity index (χ4n) is 1.89.